The van der Waals surface area contributed by atoms with Gasteiger partial charge >= 0.3 is 0 Å². The van der Waals surface area contributed by atoms with Crippen LogP contribution in [0.15, 0.2) is 28.7 Å². The van der Waals surface area contributed by atoms with Crippen LogP contribution in [-0.2, 0) is 15.1 Å². The summed E-state index contributed by atoms with van der Waals surface area (Å²) in [7, 11) is 0. The topological polar surface area (TPSA) is 41.6 Å². The first kappa shape index (κ1) is 16.9. The van der Waals surface area contributed by atoms with Gasteiger partial charge in [-0.1, -0.05) is 28.1 Å². The maximum Gasteiger partial charge on any atom is 0.236 e. The summed E-state index contributed by atoms with van der Waals surface area (Å²) in [5.74, 6) is 0.218. The number of hydrogen-bond acceptors (Lipinski definition) is 3. The summed E-state index contributed by atoms with van der Waals surface area (Å²) in [4.78, 5) is 14.6. The maximum atomic E-state index is 12.6. The Hall–Kier alpha value is -0.910. The molecule has 1 saturated carbocycles. The van der Waals surface area contributed by atoms with Crippen molar-refractivity contribution in [2.45, 2.75) is 44.2 Å². The van der Waals surface area contributed by atoms with Crippen molar-refractivity contribution in [2.24, 2.45) is 0 Å². The van der Waals surface area contributed by atoms with Crippen molar-refractivity contribution in [1.29, 1.82) is 0 Å². The van der Waals surface area contributed by atoms with Crippen molar-refractivity contribution in [3.05, 3.63) is 34.3 Å². The lowest BCUT2D eigenvalue weighted by atomic mass is 9.82. The molecule has 1 saturated heterocycles. The van der Waals surface area contributed by atoms with Crippen molar-refractivity contribution < 1.29 is 9.53 Å². The van der Waals surface area contributed by atoms with Crippen LogP contribution >= 0.6 is 15.9 Å². The molecule has 5 heteroatoms. The van der Waals surface area contributed by atoms with Crippen LogP contribution in [0.1, 0.15) is 38.2 Å². The van der Waals surface area contributed by atoms with Crippen LogP contribution < -0.4 is 5.32 Å². The van der Waals surface area contributed by atoms with Crippen LogP contribution in [0, 0.1) is 0 Å². The Kier molecular flexibility index (Phi) is 5.39. The fourth-order valence-electron chi connectivity index (χ4n) is 3.44. The number of nitrogens with zero attached hydrogens (tertiary/aromatic N) is 1. The largest absolute Gasteiger partial charge is 0.381 e. The van der Waals surface area contributed by atoms with E-state index in [0.717, 1.165) is 49.9 Å². The number of halogens is 1. The van der Waals surface area contributed by atoms with Crippen LogP contribution in [0.5, 0.6) is 0 Å². The molecule has 2 fully saturated rings. The highest BCUT2D eigenvalue weighted by Crippen LogP contribution is 2.33. The van der Waals surface area contributed by atoms with Gasteiger partial charge in [-0.3, -0.25) is 10.1 Å². The Morgan fingerprint density at radius 1 is 1.39 bits per heavy atom. The predicted octanol–water partition coefficient (Wildman–Crippen LogP) is 3.06. The van der Waals surface area contributed by atoms with Crippen LogP contribution in [-0.4, -0.2) is 43.2 Å². The number of carbonyl (C=O) groups excluding carboxylic acids is 1. The Balaban J connectivity index is 1.73. The smallest absolute Gasteiger partial charge is 0.236 e. The summed E-state index contributed by atoms with van der Waals surface area (Å²) < 4.78 is 6.62. The standard InChI is InChI=1S/C18H25BrN2O2/c1-2-21(16-6-7-16)17(22)13-20-18(8-10-23-11-9-18)14-4-3-5-15(19)12-14/h3-5,12,16,20H,2,6-11,13H2,1H3. The molecule has 3 rings (SSSR count). The Labute approximate surface area is 146 Å². The van der Waals surface area contributed by atoms with E-state index in [4.69, 9.17) is 4.74 Å². The monoisotopic (exact) mass is 380 g/mol. The molecule has 1 aliphatic heterocycles. The summed E-state index contributed by atoms with van der Waals surface area (Å²) in [5.41, 5.74) is 1.07. The highest BCUT2D eigenvalue weighted by atomic mass is 79.9. The number of carbonyl (C=O) groups is 1. The molecule has 0 aromatic heterocycles. The third-order valence-corrected chi connectivity index (χ3v) is 5.44. The van der Waals surface area contributed by atoms with Crippen LogP contribution in [0.25, 0.3) is 0 Å². The molecular weight excluding hydrogens is 356 g/mol. The molecule has 23 heavy (non-hydrogen) atoms. The highest BCUT2D eigenvalue weighted by Gasteiger charge is 2.36. The van der Waals surface area contributed by atoms with E-state index >= 15 is 0 Å². The quantitative estimate of drug-likeness (QED) is 0.824. The van der Waals surface area contributed by atoms with Crippen molar-refractivity contribution in [3.8, 4) is 0 Å². The van der Waals surface area contributed by atoms with Gasteiger partial charge in [0, 0.05) is 35.8 Å². The summed E-state index contributed by atoms with van der Waals surface area (Å²) in [5, 5.41) is 3.58. The number of ether oxygens (including phenoxy) is 1. The fourth-order valence-corrected chi connectivity index (χ4v) is 3.84. The van der Waals surface area contributed by atoms with Gasteiger partial charge in [0.25, 0.3) is 0 Å². The van der Waals surface area contributed by atoms with Gasteiger partial charge in [-0.05, 0) is 50.3 Å². The molecule has 1 aromatic carbocycles. The average molecular weight is 381 g/mol. The van der Waals surface area contributed by atoms with Crippen LogP contribution in [0.2, 0.25) is 0 Å². The lowest BCUT2D eigenvalue weighted by molar-refractivity contribution is -0.131. The van der Waals surface area contributed by atoms with Gasteiger partial charge in [-0.2, -0.15) is 0 Å². The third-order valence-electron chi connectivity index (χ3n) is 4.95. The lowest BCUT2D eigenvalue weighted by Gasteiger charge is -2.39. The Morgan fingerprint density at radius 3 is 2.74 bits per heavy atom. The van der Waals surface area contributed by atoms with Crippen molar-refractivity contribution in [2.75, 3.05) is 26.3 Å². The first-order chi connectivity index (χ1) is 11.1. The minimum absolute atomic E-state index is 0.166. The molecule has 1 aromatic rings. The van der Waals surface area contributed by atoms with Gasteiger partial charge in [0.1, 0.15) is 0 Å². The number of hydrogen-bond donors (Lipinski definition) is 1. The van der Waals surface area contributed by atoms with Crippen LogP contribution in [0.3, 0.4) is 0 Å². The number of likely N-dealkylation sites (N-methyl/N-ethyl adjacent to an activating group) is 1. The van der Waals surface area contributed by atoms with Crippen molar-refractivity contribution >= 4 is 21.8 Å². The zero-order valence-corrected chi connectivity index (χ0v) is 15.3. The minimum atomic E-state index is -0.166. The van der Waals surface area contributed by atoms with E-state index in [1.54, 1.807) is 0 Å². The minimum Gasteiger partial charge on any atom is -0.381 e. The molecule has 0 spiro atoms. The van der Waals surface area contributed by atoms with Gasteiger partial charge in [0.15, 0.2) is 0 Å². The molecule has 1 N–H and O–H groups in total. The highest BCUT2D eigenvalue weighted by molar-refractivity contribution is 9.10. The Morgan fingerprint density at radius 2 is 2.13 bits per heavy atom. The molecule has 1 heterocycles. The van der Waals surface area contributed by atoms with E-state index in [1.165, 1.54) is 5.56 Å². The lowest BCUT2D eigenvalue weighted by Crippen LogP contribution is -2.51. The van der Waals surface area contributed by atoms with Gasteiger partial charge in [-0.15, -0.1) is 0 Å². The molecule has 126 valence electrons. The average Bonchev–Trinajstić information content (AvgIpc) is 3.39. The molecule has 0 atom stereocenters. The zero-order valence-electron chi connectivity index (χ0n) is 13.7. The summed E-state index contributed by atoms with van der Waals surface area (Å²) in [6.07, 6.45) is 4.10. The molecule has 0 radical (unpaired) electrons. The fraction of sp³-hybridized carbons (Fsp3) is 0.611. The molecule has 2 aliphatic rings. The number of rotatable bonds is 6. The molecule has 1 amide bonds. The second kappa shape index (κ2) is 7.32. The maximum absolute atomic E-state index is 12.6. The summed E-state index contributed by atoms with van der Waals surface area (Å²) in [6, 6.07) is 8.87. The SMILES string of the molecule is CCN(C(=O)CNC1(c2cccc(Br)c2)CCOCC1)C1CC1. The first-order valence-corrected chi connectivity index (χ1v) is 9.32. The second-order valence-corrected chi connectivity index (χ2v) is 7.38. The van der Waals surface area contributed by atoms with Gasteiger partial charge in [-0.25, -0.2) is 0 Å². The van der Waals surface area contributed by atoms with E-state index in [1.807, 2.05) is 11.0 Å². The van der Waals surface area contributed by atoms with Gasteiger partial charge < -0.3 is 9.64 Å². The van der Waals surface area contributed by atoms with Gasteiger partial charge in [0.2, 0.25) is 5.91 Å². The van der Waals surface area contributed by atoms with Crippen LogP contribution in [0.4, 0.5) is 0 Å². The summed E-state index contributed by atoms with van der Waals surface area (Å²) in [6.45, 7) is 4.73. The number of benzene rings is 1. The van der Waals surface area contributed by atoms with Crippen molar-refractivity contribution in [1.82, 2.24) is 10.2 Å². The number of amides is 1. The van der Waals surface area contributed by atoms with E-state index in [0.29, 0.717) is 12.6 Å². The predicted molar refractivity (Wildman–Crippen MR) is 94.3 cm³/mol. The van der Waals surface area contributed by atoms with E-state index < -0.39 is 0 Å². The second-order valence-electron chi connectivity index (χ2n) is 6.47. The molecule has 1 aliphatic carbocycles. The number of nitrogens with one attached hydrogen (secondary N) is 1. The molecule has 0 unspecified atom stereocenters. The molecule has 4 nitrogen and oxygen atoms in total. The normalized spacial score (nSPS) is 20.3. The van der Waals surface area contributed by atoms with Gasteiger partial charge in [0.05, 0.1) is 6.54 Å². The van der Waals surface area contributed by atoms with E-state index in [9.17, 15) is 4.79 Å². The molecular formula is C18H25BrN2O2. The van der Waals surface area contributed by atoms with Crippen molar-refractivity contribution in [3.63, 3.8) is 0 Å². The summed E-state index contributed by atoms with van der Waals surface area (Å²) >= 11 is 3.56. The first-order valence-electron chi connectivity index (χ1n) is 8.53. The Bertz CT molecular complexity index is 554. The zero-order chi connectivity index (χ0) is 16.3. The van der Waals surface area contributed by atoms with E-state index in [2.05, 4.69) is 46.4 Å². The molecule has 0 bridgehead atoms. The third kappa shape index (κ3) is 3.95. The van der Waals surface area contributed by atoms with E-state index in [-0.39, 0.29) is 11.4 Å².